The number of aryl methyl sites for hydroxylation is 2. The summed E-state index contributed by atoms with van der Waals surface area (Å²) in [6.45, 7) is 1.93. The zero-order chi connectivity index (χ0) is 14.8. The normalized spacial score (nSPS) is 16.9. The number of nitrogens with two attached hydrogens (primary N) is 1. The molecule has 4 nitrogen and oxygen atoms in total. The van der Waals surface area contributed by atoms with E-state index in [4.69, 9.17) is 5.73 Å². The summed E-state index contributed by atoms with van der Waals surface area (Å²) in [5.74, 6) is 0.673. The van der Waals surface area contributed by atoms with E-state index in [0.717, 1.165) is 30.6 Å². The zero-order valence-corrected chi connectivity index (χ0v) is 12.1. The topological polar surface area (TPSA) is 74.7 Å². The molecule has 0 bridgehead atoms. The Bertz CT molecular complexity index is 715. The Morgan fingerprint density at radius 2 is 2.19 bits per heavy atom. The number of hydrogen-bond acceptors (Lipinski definition) is 4. The van der Waals surface area contributed by atoms with Gasteiger partial charge in [-0.15, -0.1) is 0 Å². The third-order valence-electron chi connectivity index (χ3n) is 3.95. The van der Waals surface area contributed by atoms with Crippen LogP contribution >= 0.6 is 0 Å². The standard InChI is InChI=1S/C17H18N4/c1-11-5-6-13(10-18)17(20-11)21-16-4-2-3-12-9-14(19)7-8-15(12)16/h5-9,16H,2-4,19H2,1H3,(H,20,21). The minimum atomic E-state index is 0.191. The molecule has 0 saturated carbocycles. The number of nitriles is 1. The van der Waals surface area contributed by atoms with E-state index in [-0.39, 0.29) is 6.04 Å². The van der Waals surface area contributed by atoms with Crippen molar-refractivity contribution in [3.8, 4) is 6.07 Å². The number of fused-ring (bicyclic) bond motifs is 1. The van der Waals surface area contributed by atoms with Crippen molar-refractivity contribution < 1.29 is 0 Å². The lowest BCUT2D eigenvalue weighted by atomic mass is 9.87. The van der Waals surface area contributed by atoms with Crippen LogP contribution in [0.3, 0.4) is 0 Å². The average molecular weight is 278 g/mol. The van der Waals surface area contributed by atoms with E-state index in [1.54, 1.807) is 0 Å². The van der Waals surface area contributed by atoms with Gasteiger partial charge in [-0.3, -0.25) is 0 Å². The van der Waals surface area contributed by atoms with Crippen molar-refractivity contribution in [3.05, 3.63) is 52.7 Å². The molecular weight excluding hydrogens is 260 g/mol. The molecule has 3 N–H and O–H groups in total. The molecule has 1 aromatic heterocycles. The molecule has 1 aliphatic rings. The third kappa shape index (κ3) is 2.68. The molecule has 106 valence electrons. The number of nitrogen functional groups attached to an aromatic ring is 1. The predicted octanol–water partition coefficient (Wildman–Crippen LogP) is 3.33. The highest BCUT2D eigenvalue weighted by molar-refractivity contribution is 5.55. The van der Waals surface area contributed by atoms with Gasteiger partial charge >= 0.3 is 0 Å². The molecular formula is C17H18N4. The van der Waals surface area contributed by atoms with Crippen LogP contribution in [0.1, 0.15) is 41.3 Å². The number of anilines is 2. The van der Waals surface area contributed by atoms with Crippen molar-refractivity contribution >= 4 is 11.5 Å². The van der Waals surface area contributed by atoms with Crippen molar-refractivity contribution in [1.29, 1.82) is 5.26 Å². The lowest BCUT2D eigenvalue weighted by molar-refractivity contribution is 0.598. The van der Waals surface area contributed by atoms with Gasteiger partial charge in [-0.2, -0.15) is 5.26 Å². The fourth-order valence-corrected chi connectivity index (χ4v) is 2.91. The lowest BCUT2D eigenvalue weighted by Crippen LogP contribution is -2.19. The third-order valence-corrected chi connectivity index (χ3v) is 3.95. The molecule has 21 heavy (non-hydrogen) atoms. The largest absolute Gasteiger partial charge is 0.399 e. The number of aromatic nitrogens is 1. The van der Waals surface area contributed by atoms with Crippen molar-refractivity contribution in [2.24, 2.45) is 0 Å². The first kappa shape index (κ1) is 13.4. The number of rotatable bonds is 2. The predicted molar refractivity (Wildman–Crippen MR) is 83.8 cm³/mol. The van der Waals surface area contributed by atoms with Gasteiger partial charge in [0.05, 0.1) is 11.6 Å². The van der Waals surface area contributed by atoms with Gasteiger partial charge in [-0.1, -0.05) is 6.07 Å². The minimum absolute atomic E-state index is 0.191. The Hall–Kier alpha value is -2.54. The van der Waals surface area contributed by atoms with Gasteiger partial charge in [-0.25, -0.2) is 4.98 Å². The molecule has 0 radical (unpaired) electrons. The van der Waals surface area contributed by atoms with E-state index in [2.05, 4.69) is 28.5 Å². The minimum Gasteiger partial charge on any atom is -0.399 e. The first-order valence-corrected chi connectivity index (χ1v) is 7.20. The van der Waals surface area contributed by atoms with E-state index in [1.165, 1.54) is 11.1 Å². The Morgan fingerprint density at radius 3 is 3.00 bits per heavy atom. The maximum absolute atomic E-state index is 9.22. The highest BCUT2D eigenvalue weighted by atomic mass is 15.0. The van der Waals surface area contributed by atoms with Crippen LogP contribution in [0.25, 0.3) is 0 Å². The van der Waals surface area contributed by atoms with Crippen LogP contribution < -0.4 is 11.1 Å². The summed E-state index contributed by atoms with van der Waals surface area (Å²) in [7, 11) is 0. The Balaban J connectivity index is 1.94. The molecule has 1 aromatic carbocycles. The first-order valence-electron chi connectivity index (χ1n) is 7.20. The highest BCUT2D eigenvalue weighted by Crippen LogP contribution is 2.33. The summed E-state index contributed by atoms with van der Waals surface area (Å²) < 4.78 is 0. The number of benzene rings is 1. The maximum atomic E-state index is 9.22. The molecule has 1 heterocycles. The monoisotopic (exact) mass is 278 g/mol. The van der Waals surface area contributed by atoms with Crippen molar-refractivity contribution in [2.75, 3.05) is 11.1 Å². The second-order valence-electron chi connectivity index (χ2n) is 5.51. The summed E-state index contributed by atoms with van der Waals surface area (Å²) in [5.41, 5.74) is 10.7. The summed E-state index contributed by atoms with van der Waals surface area (Å²) in [5, 5.41) is 12.7. The molecule has 1 atom stereocenters. The fraction of sp³-hybridized carbons (Fsp3) is 0.294. The molecule has 0 saturated heterocycles. The molecule has 4 heteroatoms. The van der Waals surface area contributed by atoms with Crippen molar-refractivity contribution in [2.45, 2.75) is 32.2 Å². The molecule has 0 spiro atoms. The van der Waals surface area contributed by atoms with E-state index >= 15 is 0 Å². The van der Waals surface area contributed by atoms with Gasteiger partial charge in [0.1, 0.15) is 11.9 Å². The number of nitrogens with zero attached hydrogens (tertiary/aromatic N) is 2. The van der Waals surface area contributed by atoms with Crippen molar-refractivity contribution in [1.82, 2.24) is 4.98 Å². The summed E-state index contributed by atoms with van der Waals surface area (Å²) in [4.78, 5) is 4.47. The SMILES string of the molecule is Cc1ccc(C#N)c(NC2CCCc3cc(N)ccc32)n1. The molecule has 0 aliphatic heterocycles. The van der Waals surface area contributed by atoms with Gasteiger partial charge in [0, 0.05) is 11.4 Å². The number of nitrogens with one attached hydrogen (secondary N) is 1. The van der Waals surface area contributed by atoms with Crippen LogP contribution in [0.5, 0.6) is 0 Å². The van der Waals surface area contributed by atoms with Gasteiger partial charge < -0.3 is 11.1 Å². The summed E-state index contributed by atoms with van der Waals surface area (Å²) >= 11 is 0. The van der Waals surface area contributed by atoms with Crippen LogP contribution in [-0.2, 0) is 6.42 Å². The van der Waals surface area contributed by atoms with E-state index in [1.807, 2.05) is 25.1 Å². The van der Waals surface area contributed by atoms with Gasteiger partial charge in [0.25, 0.3) is 0 Å². The molecule has 1 unspecified atom stereocenters. The average Bonchev–Trinajstić information content (AvgIpc) is 2.47. The first-order chi connectivity index (χ1) is 10.2. The Labute approximate surface area is 124 Å². The zero-order valence-electron chi connectivity index (χ0n) is 12.1. The van der Waals surface area contributed by atoms with Crippen LogP contribution in [0.15, 0.2) is 30.3 Å². The Morgan fingerprint density at radius 1 is 1.33 bits per heavy atom. The second kappa shape index (κ2) is 5.45. The van der Waals surface area contributed by atoms with Crippen LogP contribution in [0, 0.1) is 18.3 Å². The van der Waals surface area contributed by atoms with Crippen LogP contribution in [-0.4, -0.2) is 4.98 Å². The smallest absolute Gasteiger partial charge is 0.144 e. The molecule has 2 aromatic rings. The molecule has 3 rings (SSSR count). The van der Waals surface area contributed by atoms with Crippen molar-refractivity contribution in [3.63, 3.8) is 0 Å². The summed E-state index contributed by atoms with van der Waals surface area (Å²) in [6, 6.07) is 12.1. The second-order valence-corrected chi connectivity index (χ2v) is 5.51. The quantitative estimate of drug-likeness (QED) is 0.826. The van der Waals surface area contributed by atoms with E-state index < -0.39 is 0 Å². The van der Waals surface area contributed by atoms with E-state index in [9.17, 15) is 5.26 Å². The van der Waals surface area contributed by atoms with Gasteiger partial charge in [-0.05, 0) is 61.6 Å². The number of pyridine rings is 1. The van der Waals surface area contributed by atoms with Crippen LogP contribution in [0.4, 0.5) is 11.5 Å². The fourth-order valence-electron chi connectivity index (χ4n) is 2.91. The summed E-state index contributed by atoms with van der Waals surface area (Å²) in [6.07, 6.45) is 3.21. The van der Waals surface area contributed by atoms with E-state index in [0.29, 0.717) is 11.4 Å². The molecule has 1 aliphatic carbocycles. The molecule has 0 fully saturated rings. The van der Waals surface area contributed by atoms with Gasteiger partial charge in [0.15, 0.2) is 0 Å². The van der Waals surface area contributed by atoms with Crippen LogP contribution in [0.2, 0.25) is 0 Å². The van der Waals surface area contributed by atoms with Gasteiger partial charge in [0.2, 0.25) is 0 Å². The Kier molecular flexibility index (Phi) is 3.49. The lowest BCUT2D eigenvalue weighted by Gasteiger charge is -2.27. The molecule has 0 amide bonds. The number of hydrogen-bond donors (Lipinski definition) is 2. The maximum Gasteiger partial charge on any atom is 0.144 e. The highest BCUT2D eigenvalue weighted by Gasteiger charge is 2.21.